The van der Waals surface area contributed by atoms with Gasteiger partial charge >= 0.3 is 110 Å². The predicted octanol–water partition coefficient (Wildman–Crippen LogP) is 10.4. The van der Waals surface area contributed by atoms with Crippen LogP contribution in [0.5, 0.6) is 0 Å². The SMILES string of the molecule is [2H]C([2H])([2H])c1c[c-]c(-c2cc[c]([Ge]([CH3])([CH3])[CH3])cn2)cc1.[2H]C([2H])([2H])c1cnc(-c2[c-]cc(F)c3c2sc2ccccc23)cc1-c1ccccc1.[Ir]. The van der Waals surface area contributed by atoms with Crippen LogP contribution in [-0.4, -0.2) is 23.2 Å². The Morgan fingerprint density at radius 3 is 2.27 bits per heavy atom. The number of rotatable bonds is 4. The van der Waals surface area contributed by atoms with Crippen molar-refractivity contribution in [1.82, 2.24) is 9.97 Å². The Morgan fingerprint density at radius 1 is 0.800 bits per heavy atom. The number of aryl methyl sites for hydroxylation is 2. The largest absolute Gasteiger partial charge is 0.304 e. The van der Waals surface area contributed by atoms with Crippen LogP contribution in [0.2, 0.25) is 17.3 Å². The minimum atomic E-state index is -2.30. The van der Waals surface area contributed by atoms with Gasteiger partial charge in [0.15, 0.2) is 0 Å². The molecular formula is C39H33FGeIrN2S-2. The van der Waals surface area contributed by atoms with E-state index in [2.05, 4.69) is 45.4 Å². The van der Waals surface area contributed by atoms with Gasteiger partial charge in [0, 0.05) is 40.9 Å². The number of nitrogens with zero attached hydrogens (tertiary/aromatic N) is 2. The number of aromatic nitrogens is 2. The molecule has 0 aliphatic rings. The molecule has 0 N–H and O–H groups in total. The average Bonchev–Trinajstić information content (AvgIpc) is 3.48. The van der Waals surface area contributed by atoms with Crippen LogP contribution in [0, 0.1) is 31.7 Å². The monoisotopic (exact) mass is 853 g/mol. The van der Waals surface area contributed by atoms with Gasteiger partial charge in [-0.3, -0.25) is 4.39 Å². The van der Waals surface area contributed by atoms with Gasteiger partial charge in [-0.1, -0.05) is 54.6 Å². The molecule has 227 valence electrons. The fourth-order valence-corrected chi connectivity index (χ4v) is 8.35. The molecule has 0 aliphatic heterocycles. The van der Waals surface area contributed by atoms with Crippen LogP contribution in [0.3, 0.4) is 0 Å². The van der Waals surface area contributed by atoms with Crippen molar-refractivity contribution < 1.29 is 32.7 Å². The molecule has 0 fully saturated rings. The van der Waals surface area contributed by atoms with Crippen LogP contribution in [0.25, 0.3) is 53.8 Å². The van der Waals surface area contributed by atoms with Gasteiger partial charge in [-0.25, -0.2) is 0 Å². The van der Waals surface area contributed by atoms with E-state index in [0.29, 0.717) is 27.8 Å². The molecule has 6 heteroatoms. The number of hydrogen-bond acceptors (Lipinski definition) is 3. The molecule has 0 amide bonds. The van der Waals surface area contributed by atoms with Gasteiger partial charge in [-0.05, 0) is 50.8 Å². The molecule has 0 aliphatic carbocycles. The summed E-state index contributed by atoms with van der Waals surface area (Å²) in [6, 6.07) is 35.2. The molecule has 7 rings (SSSR count). The first-order chi connectivity index (χ1) is 23.6. The number of hydrogen-bond donors (Lipinski definition) is 0. The Kier molecular flexibility index (Phi) is 7.92. The summed E-state index contributed by atoms with van der Waals surface area (Å²) in [5, 5.41) is 1.40. The molecule has 7 aromatic rings. The molecule has 0 bridgehead atoms. The molecule has 4 aromatic carbocycles. The number of fused-ring (bicyclic) bond motifs is 3. The van der Waals surface area contributed by atoms with E-state index in [-0.39, 0.29) is 31.5 Å². The third kappa shape index (κ3) is 7.18. The molecule has 0 unspecified atom stereocenters. The topological polar surface area (TPSA) is 25.8 Å². The first-order valence-electron chi connectivity index (χ1n) is 17.2. The summed E-state index contributed by atoms with van der Waals surface area (Å²) in [4.78, 5) is 8.93. The maximum atomic E-state index is 14.7. The van der Waals surface area contributed by atoms with Crippen molar-refractivity contribution in [3.05, 3.63) is 139 Å². The molecule has 45 heavy (non-hydrogen) atoms. The standard InChI is InChI=1S/C24H15FNS.C15H18GeN.Ir/c1-15-14-26-21(13-19(15)16-7-3-2-4-8-16)17-11-12-20(25)23-18-9-5-6-10-22(18)27-24(17)23;1-12-5-7-13(8-6-12)15-10-9-14(11-17-15)16(2,3)4;/h2-10,12-14H,1H3;5-7,9-11H,1-4H3;/q2*-1;/i2*1D3;. The summed E-state index contributed by atoms with van der Waals surface area (Å²) in [5.74, 6) is 6.66. The number of thiophene rings is 1. The average molecular weight is 852 g/mol. The molecular weight excluding hydrogens is 812 g/mol. The maximum absolute atomic E-state index is 14.7. The fourth-order valence-electron chi connectivity index (χ4n) is 4.95. The Labute approximate surface area is 293 Å². The van der Waals surface area contributed by atoms with E-state index >= 15 is 0 Å². The van der Waals surface area contributed by atoms with Crippen LogP contribution >= 0.6 is 11.3 Å². The zero-order valence-corrected chi connectivity index (χ0v) is 30.2. The summed E-state index contributed by atoms with van der Waals surface area (Å²) < 4.78 is 63.6. The molecule has 0 saturated heterocycles. The zero-order valence-electron chi connectivity index (χ0n) is 30.9. The molecule has 2 nitrogen and oxygen atoms in total. The summed E-state index contributed by atoms with van der Waals surface area (Å²) in [5.41, 5.74) is 4.77. The van der Waals surface area contributed by atoms with Gasteiger partial charge < -0.3 is 4.98 Å². The second-order valence-electron chi connectivity index (χ2n) is 11.5. The fraction of sp³-hybridized carbons (Fsp3) is 0.128. The van der Waals surface area contributed by atoms with Gasteiger partial charge in [0.25, 0.3) is 0 Å². The van der Waals surface area contributed by atoms with E-state index < -0.39 is 27.0 Å². The van der Waals surface area contributed by atoms with Crippen molar-refractivity contribution in [3.63, 3.8) is 0 Å². The van der Waals surface area contributed by atoms with E-state index in [1.54, 1.807) is 18.2 Å². The van der Waals surface area contributed by atoms with Crippen molar-refractivity contribution in [1.29, 1.82) is 0 Å². The Morgan fingerprint density at radius 2 is 1.58 bits per heavy atom. The smallest absolute Gasteiger partial charge is 0.0470 e. The van der Waals surface area contributed by atoms with Crippen LogP contribution in [0.15, 0.2) is 109 Å². The van der Waals surface area contributed by atoms with Gasteiger partial charge in [0.2, 0.25) is 0 Å². The Hall–Kier alpha value is -3.48. The normalized spacial score (nSPS) is 13.7. The third-order valence-corrected chi connectivity index (χ3v) is 12.8. The molecule has 0 spiro atoms. The summed E-state index contributed by atoms with van der Waals surface area (Å²) in [7, 11) is 0. The van der Waals surface area contributed by atoms with Crippen LogP contribution in [-0.2, 0) is 20.1 Å². The first-order valence-corrected chi connectivity index (χ1v) is 22.3. The minimum Gasteiger partial charge on any atom is -0.304 e. The van der Waals surface area contributed by atoms with Crippen LogP contribution < -0.4 is 4.40 Å². The van der Waals surface area contributed by atoms with E-state index in [0.717, 1.165) is 31.6 Å². The van der Waals surface area contributed by atoms with Gasteiger partial charge in [-0.2, -0.15) is 11.3 Å². The molecule has 3 aromatic heterocycles. The van der Waals surface area contributed by atoms with E-state index in [9.17, 15) is 4.39 Å². The molecule has 0 atom stereocenters. The quantitative estimate of drug-likeness (QED) is 0.130. The van der Waals surface area contributed by atoms with E-state index in [1.165, 1.54) is 34.1 Å². The summed E-state index contributed by atoms with van der Waals surface area (Å²) in [6.45, 7) is -4.37. The molecule has 3 heterocycles. The van der Waals surface area contributed by atoms with Crippen molar-refractivity contribution in [2.24, 2.45) is 0 Å². The molecule has 0 saturated carbocycles. The van der Waals surface area contributed by atoms with Gasteiger partial charge in [-0.15, -0.1) is 17.7 Å². The maximum Gasteiger partial charge on any atom is 0.0470 e. The Bertz CT molecular complexity index is 2230. The van der Waals surface area contributed by atoms with Crippen molar-refractivity contribution in [2.45, 2.75) is 31.0 Å². The van der Waals surface area contributed by atoms with Crippen molar-refractivity contribution in [3.8, 4) is 33.6 Å². The minimum absolute atomic E-state index is 0. The summed E-state index contributed by atoms with van der Waals surface area (Å²) >= 11 is -0.345. The third-order valence-electron chi connectivity index (χ3n) is 7.37. The van der Waals surface area contributed by atoms with Gasteiger partial charge in [0.05, 0.1) is 0 Å². The zero-order chi connectivity index (χ0) is 35.8. The molecule has 1 radical (unpaired) electrons. The first kappa shape index (κ1) is 25.7. The number of halogens is 1. The van der Waals surface area contributed by atoms with Gasteiger partial charge in [0.1, 0.15) is 0 Å². The van der Waals surface area contributed by atoms with E-state index in [1.807, 2.05) is 66.9 Å². The predicted molar refractivity (Wildman–Crippen MR) is 188 cm³/mol. The van der Waals surface area contributed by atoms with Crippen LogP contribution in [0.1, 0.15) is 19.4 Å². The number of pyridine rings is 2. The van der Waals surface area contributed by atoms with Crippen molar-refractivity contribution in [2.75, 3.05) is 0 Å². The second kappa shape index (κ2) is 13.9. The van der Waals surface area contributed by atoms with Crippen molar-refractivity contribution >= 4 is 49.2 Å². The van der Waals surface area contributed by atoms with E-state index in [4.69, 9.17) is 8.22 Å². The summed E-state index contributed by atoms with van der Waals surface area (Å²) in [6.07, 6.45) is 3.35. The Balaban J connectivity index is 0.000000211. The van der Waals surface area contributed by atoms with Crippen LogP contribution in [0.4, 0.5) is 4.39 Å². The second-order valence-corrected chi connectivity index (χ2v) is 23.2. The number of benzene rings is 4.